The number of rotatable bonds is 8. The van der Waals surface area contributed by atoms with Crippen molar-refractivity contribution in [3.8, 4) is 5.75 Å². The Kier molecular flexibility index (Phi) is 7.99. The molecule has 0 saturated heterocycles. The Bertz CT molecular complexity index is 700. The van der Waals surface area contributed by atoms with Gasteiger partial charge in [-0.2, -0.15) is 0 Å². The van der Waals surface area contributed by atoms with E-state index in [2.05, 4.69) is 20.9 Å². The maximum atomic E-state index is 11.6. The number of guanidine groups is 1. The molecule has 6 nitrogen and oxygen atoms in total. The van der Waals surface area contributed by atoms with Crippen molar-refractivity contribution >= 4 is 11.9 Å². The number of aliphatic imine (C=N–C) groups is 1. The third kappa shape index (κ3) is 6.47. The first-order valence-electron chi connectivity index (χ1n) is 8.74. The molecule has 0 radical (unpaired) electrons. The molecule has 0 aromatic heterocycles. The predicted molar refractivity (Wildman–Crippen MR) is 105 cm³/mol. The normalized spacial score (nSPS) is 10.9. The fraction of sp³-hybridized carbons (Fsp3) is 0.300. The van der Waals surface area contributed by atoms with E-state index in [-0.39, 0.29) is 5.91 Å². The zero-order valence-electron chi connectivity index (χ0n) is 15.3. The lowest BCUT2D eigenvalue weighted by atomic mass is 10.1. The van der Waals surface area contributed by atoms with Gasteiger partial charge in [0, 0.05) is 19.2 Å². The van der Waals surface area contributed by atoms with E-state index in [0.29, 0.717) is 25.3 Å². The fourth-order valence-corrected chi connectivity index (χ4v) is 2.27. The molecule has 0 aliphatic heterocycles. The highest BCUT2D eigenvalue weighted by atomic mass is 16.5. The highest BCUT2D eigenvalue weighted by Gasteiger charge is 2.02. The first-order valence-corrected chi connectivity index (χ1v) is 8.74. The summed E-state index contributed by atoms with van der Waals surface area (Å²) in [5, 5.41) is 9.07. The monoisotopic (exact) mass is 354 g/mol. The molecule has 0 unspecified atom stereocenters. The summed E-state index contributed by atoms with van der Waals surface area (Å²) in [6.07, 6.45) is 0. The second-order valence-electron chi connectivity index (χ2n) is 5.56. The summed E-state index contributed by atoms with van der Waals surface area (Å²) in [4.78, 5) is 16.1. The van der Waals surface area contributed by atoms with Gasteiger partial charge in [0.05, 0.1) is 13.1 Å². The lowest BCUT2D eigenvalue weighted by Crippen LogP contribution is -2.39. The van der Waals surface area contributed by atoms with E-state index in [0.717, 1.165) is 23.8 Å². The minimum atomic E-state index is -0.0894. The Balaban J connectivity index is 1.82. The molecule has 26 heavy (non-hydrogen) atoms. The zero-order chi connectivity index (χ0) is 18.6. The first-order chi connectivity index (χ1) is 12.7. The number of hydrogen-bond donors (Lipinski definition) is 3. The van der Waals surface area contributed by atoms with Crippen LogP contribution in [0.5, 0.6) is 5.75 Å². The highest BCUT2D eigenvalue weighted by Crippen LogP contribution is 2.07. The number of benzene rings is 2. The Morgan fingerprint density at radius 2 is 1.77 bits per heavy atom. The number of nitrogens with zero attached hydrogens (tertiary/aromatic N) is 1. The summed E-state index contributed by atoms with van der Waals surface area (Å²) < 4.78 is 5.66. The lowest BCUT2D eigenvalue weighted by molar-refractivity contribution is 0.0963. The van der Waals surface area contributed by atoms with Gasteiger partial charge in [-0.15, -0.1) is 0 Å². The van der Waals surface area contributed by atoms with Gasteiger partial charge in [-0.05, 0) is 36.8 Å². The van der Waals surface area contributed by atoms with Gasteiger partial charge in [0.1, 0.15) is 12.4 Å². The summed E-state index contributed by atoms with van der Waals surface area (Å²) >= 11 is 0. The van der Waals surface area contributed by atoms with Crippen molar-refractivity contribution in [2.45, 2.75) is 13.5 Å². The summed E-state index contributed by atoms with van der Waals surface area (Å²) in [6.45, 7) is 4.53. The average molecular weight is 354 g/mol. The predicted octanol–water partition coefficient (Wildman–Crippen LogP) is 2.18. The third-order valence-corrected chi connectivity index (χ3v) is 3.61. The van der Waals surface area contributed by atoms with Crippen molar-refractivity contribution in [1.82, 2.24) is 16.0 Å². The molecule has 0 bridgehead atoms. The van der Waals surface area contributed by atoms with Gasteiger partial charge >= 0.3 is 0 Å². The molecule has 2 rings (SSSR count). The number of para-hydroxylation sites is 1. The third-order valence-electron chi connectivity index (χ3n) is 3.61. The fourth-order valence-electron chi connectivity index (χ4n) is 2.27. The smallest absolute Gasteiger partial charge is 0.251 e. The van der Waals surface area contributed by atoms with Crippen LogP contribution in [0, 0.1) is 0 Å². The van der Waals surface area contributed by atoms with Gasteiger partial charge in [0.25, 0.3) is 5.91 Å². The lowest BCUT2D eigenvalue weighted by Gasteiger charge is -2.12. The van der Waals surface area contributed by atoms with Crippen molar-refractivity contribution < 1.29 is 9.53 Å². The summed E-state index contributed by atoms with van der Waals surface area (Å²) in [7, 11) is 1.62. The molecule has 0 heterocycles. The Morgan fingerprint density at radius 1 is 1.04 bits per heavy atom. The molecule has 138 valence electrons. The summed E-state index contributed by atoms with van der Waals surface area (Å²) in [5.41, 5.74) is 1.68. The van der Waals surface area contributed by atoms with E-state index in [1.165, 1.54) is 0 Å². The average Bonchev–Trinajstić information content (AvgIpc) is 2.70. The van der Waals surface area contributed by atoms with Crippen LogP contribution in [0.4, 0.5) is 0 Å². The van der Waals surface area contributed by atoms with E-state index < -0.39 is 0 Å². The number of carbonyl (C=O) groups excluding carboxylic acids is 1. The SMILES string of the molecule is CCNC(=NCc1ccc(C(=O)NC)cc1)NCCOc1ccccc1. The van der Waals surface area contributed by atoms with Crippen LogP contribution in [0.15, 0.2) is 59.6 Å². The maximum absolute atomic E-state index is 11.6. The second-order valence-corrected chi connectivity index (χ2v) is 5.56. The van der Waals surface area contributed by atoms with Gasteiger partial charge in [0.2, 0.25) is 0 Å². The van der Waals surface area contributed by atoms with E-state index in [1.807, 2.05) is 49.4 Å². The molecule has 1 amide bonds. The molecule has 0 saturated carbocycles. The molecular weight excluding hydrogens is 328 g/mol. The largest absolute Gasteiger partial charge is 0.492 e. The van der Waals surface area contributed by atoms with Gasteiger partial charge in [-0.25, -0.2) is 4.99 Å². The van der Waals surface area contributed by atoms with Crippen molar-refractivity contribution in [3.63, 3.8) is 0 Å². The first kappa shape index (κ1) is 19.3. The van der Waals surface area contributed by atoms with E-state index >= 15 is 0 Å². The number of nitrogens with one attached hydrogen (secondary N) is 3. The zero-order valence-corrected chi connectivity index (χ0v) is 15.3. The molecule has 0 atom stereocenters. The quantitative estimate of drug-likeness (QED) is 0.386. The summed E-state index contributed by atoms with van der Waals surface area (Å²) in [5.74, 6) is 1.50. The Morgan fingerprint density at radius 3 is 2.42 bits per heavy atom. The molecule has 0 spiro atoms. The van der Waals surface area contributed by atoms with E-state index in [4.69, 9.17) is 4.74 Å². The molecule has 6 heteroatoms. The van der Waals surface area contributed by atoms with Gasteiger partial charge < -0.3 is 20.7 Å². The maximum Gasteiger partial charge on any atom is 0.251 e. The minimum absolute atomic E-state index is 0.0894. The number of carbonyl (C=O) groups is 1. The molecule has 2 aromatic rings. The molecule has 0 aliphatic rings. The van der Waals surface area contributed by atoms with Crippen LogP contribution < -0.4 is 20.7 Å². The van der Waals surface area contributed by atoms with Gasteiger partial charge in [0.15, 0.2) is 5.96 Å². The van der Waals surface area contributed by atoms with Crippen LogP contribution in [0.2, 0.25) is 0 Å². The van der Waals surface area contributed by atoms with E-state index in [9.17, 15) is 4.79 Å². The van der Waals surface area contributed by atoms with Crippen molar-refractivity contribution in [3.05, 3.63) is 65.7 Å². The van der Waals surface area contributed by atoms with E-state index in [1.54, 1.807) is 19.2 Å². The molecule has 3 N–H and O–H groups in total. The number of ether oxygens (including phenoxy) is 1. The molecule has 0 fully saturated rings. The second kappa shape index (κ2) is 10.8. The topological polar surface area (TPSA) is 74.8 Å². The van der Waals surface area contributed by atoms with Crippen LogP contribution in [0.25, 0.3) is 0 Å². The van der Waals surface area contributed by atoms with Crippen molar-refractivity contribution in [1.29, 1.82) is 0 Å². The molecule has 0 aliphatic carbocycles. The van der Waals surface area contributed by atoms with Crippen LogP contribution in [0.1, 0.15) is 22.8 Å². The number of amides is 1. The molecule has 2 aromatic carbocycles. The molecular formula is C20H26N4O2. The van der Waals surface area contributed by atoms with Gasteiger partial charge in [-0.3, -0.25) is 4.79 Å². The highest BCUT2D eigenvalue weighted by molar-refractivity contribution is 5.93. The number of hydrogen-bond acceptors (Lipinski definition) is 3. The van der Waals surface area contributed by atoms with Crippen LogP contribution in [-0.2, 0) is 6.54 Å². The van der Waals surface area contributed by atoms with Crippen LogP contribution >= 0.6 is 0 Å². The Hall–Kier alpha value is -3.02. The van der Waals surface area contributed by atoms with Crippen LogP contribution in [-0.4, -0.2) is 38.6 Å². The minimum Gasteiger partial charge on any atom is -0.492 e. The van der Waals surface area contributed by atoms with Crippen molar-refractivity contribution in [2.24, 2.45) is 4.99 Å². The van der Waals surface area contributed by atoms with Crippen LogP contribution in [0.3, 0.4) is 0 Å². The summed E-state index contributed by atoms with van der Waals surface area (Å²) in [6, 6.07) is 17.2. The Labute approximate surface area is 154 Å². The standard InChI is InChI=1S/C20H26N4O2/c1-3-22-20(23-13-14-26-18-7-5-4-6-8-18)24-15-16-9-11-17(12-10-16)19(25)21-2/h4-12H,3,13-15H2,1-2H3,(H,21,25)(H2,22,23,24). The van der Waals surface area contributed by atoms with Crippen molar-refractivity contribution in [2.75, 3.05) is 26.7 Å². The van der Waals surface area contributed by atoms with Gasteiger partial charge in [-0.1, -0.05) is 30.3 Å².